The maximum atomic E-state index is 8.56. The molecule has 0 amide bonds. The molecule has 1 atom stereocenters. The van der Waals surface area contributed by atoms with Gasteiger partial charge in [0.15, 0.2) is 8.32 Å². The molecule has 0 aromatic heterocycles. The van der Waals surface area contributed by atoms with Gasteiger partial charge in [0.1, 0.15) is 12.7 Å². The highest BCUT2D eigenvalue weighted by Crippen LogP contribution is 2.37. The summed E-state index contributed by atoms with van der Waals surface area (Å²) in [4.78, 5) is 0. The predicted octanol–water partition coefficient (Wildman–Crippen LogP) is 2.39. The third-order valence-electron chi connectivity index (χ3n) is 2.66. The molecule has 0 saturated carbocycles. The molecule has 2 nitrogen and oxygen atoms in total. The second-order valence-electron chi connectivity index (χ2n) is 5.00. The van der Waals surface area contributed by atoms with E-state index < -0.39 is 8.32 Å². The minimum atomic E-state index is -1.70. The molecule has 0 aliphatic heterocycles. The second kappa shape index (κ2) is 4.97. The van der Waals surface area contributed by atoms with Gasteiger partial charge in [0.2, 0.25) is 0 Å². The second-order valence-corrected chi connectivity index (χ2v) is 9.76. The Bertz CT molecular complexity index is 230. The maximum Gasteiger partial charge on any atom is 0.193 e. The van der Waals surface area contributed by atoms with Crippen molar-refractivity contribution >= 4 is 8.32 Å². The molecular formula is C11H22O2Si. The Morgan fingerprint density at radius 2 is 1.86 bits per heavy atom. The van der Waals surface area contributed by atoms with Crippen LogP contribution in [0.4, 0.5) is 0 Å². The van der Waals surface area contributed by atoms with Crippen LogP contribution in [0.1, 0.15) is 27.7 Å². The number of hydrogen-bond donors (Lipinski definition) is 1. The van der Waals surface area contributed by atoms with Gasteiger partial charge in [-0.05, 0) is 25.1 Å². The van der Waals surface area contributed by atoms with Crippen LogP contribution in [-0.4, -0.2) is 26.1 Å². The van der Waals surface area contributed by atoms with Gasteiger partial charge in [0.05, 0.1) is 0 Å². The van der Waals surface area contributed by atoms with Gasteiger partial charge in [0, 0.05) is 0 Å². The Kier molecular flexibility index (Phi) is 4.86. The molecule has 0 heterocycles. The molecule has 0 spiro atoms. The van der Waals surface area contributed by atoms with Crippen molar-refractivity contribution in [2.75, 3.05) is 6.61 Å². The Balaban J connectivity index is 4.37. The first kappa shape index (κ1) is 13.7. The van der Waals surface area contributed by atoms with E-state index in [1.165, 1.54) is 0 Å². The number of aliphatic hydroxyl groups excluding tert-OH is 1. The molecule has 82 valence electrons. The molecule has 0 aromatic carbocycles. The summed E-state index contributed by atoms with van der Waals surface area (Å²) >= 11 is 0. The number of hydrogen-bond acceptors (Lipinski definition) is 2. The van der Waals surface area contributed by atoms with Crippen LogP contribution >= 0.6 is 0 Å². The van der Waals surface area contributed by atoms with E-state index in [4.69, 9.17) is 9.53 Å². The van der Waals surface area contributed by atoms with Gasteiger partial charge >= 0.3 is 0 Å². The first-order chi connectivity index (χ1) is 6.20. The van der Waals surface area contributed by atoms with Crippen molar-refractivity contribution < 1.29 is 9.53 Å². The fourth-order valence-corrected chi connectivity index (χ4v) is 2.13. The van der Waals surface area contributed by atoms with Crippen molar-refractivity contribution in [2.45, 2.75) is 51.9 Å². The topological polar surface area (TPSA) is 29.5 Å². The zero-order chi connectivity index (χ0) is 11.4. The van der Waals surface area contributed by atoms with E-state index in [1.54, 1.807) is 0 Å². The van der Waals surface area contributed by atoms with Crippen LogP contribution in [0.2, 0.25) is 18.1 Å². The summed E-state index contributed by atoms with van der Waals surface area (Å²) in [5.74, 6) is 5.50. The van der Waals surface area contributed by atoms with E-state index >= 15 is 0 Å². The Labute approximate surface area is 88.8 Å². The summed E-state index contributed by atoms with van der Waals surface area (Å²) in [6, 6.07) is 0. The van der Waals surface area contributed by atoms with E-state index in [-0.39, 0.29) is 17.7 Å². The molecular weight excluding hydrogens is 192 g/mol. The van der Waals surface area contributed by atoms with Crippen LogP contribution in [0.3, 0.4) is 0 Å². The summed E-state index contributed by atoms with van der Waals surface area (Å²) in [5.41, 5.74) is 0. The average molecular weight is 214 g/mol. The van der Waals surface area contributed by atoms with Crippen molar-refractivity contribution in [1.82, 2.24) is 0 Å². The summed E-state index contributed by atoms with van der Waals surface area (Å²) in [6.07, 6.45) is -0.0805. The van der Waals surface area contributed by atoms with Gasteiger partial charge in [-0.1, -0.05) is 32.6 Å². The minimum Gasteiger partial charge on any atom is -0.404 e. The van der Waals surface area contributed by atoms with E-state index in [9.17, 15) is 0 Å². The van der Waals surface area contributed by atoms with Crippen molar-refractivity contribution in [2.24, 2.45) is 0 Å². The van der Waals surface area contributed by atoms with Crippen LogP contribution in [0.15, 0.2) is 0 Å². The molecule has 14 heavy (non-hydrogen) atoms. The first-order valence-electron chi connectivity index (χ1n) is 4.98. The Morgan fingerprint density at radius 1 is 1.36 bits per heavy atom. The molecule has 1 N–H and O–H groups in total. The first-order valence-corrected chi connectivity index (χ1v) is 7.88. The van der Waals surface area contributed by atoms with Crippen molar-refractivity contribution in [3.8, 4) is 11.8 Å². The fourth-order valence-electron chi connectivity index (χ4n) is 0.838. The minimum absolute atomic E-state index is 0.0805. The number of aliphatic hydroxyl groups is 1. The summed E-state index contributed by atoms with van der Waals surface area (Å²) in [6.45, 7) is 12.8. The third kappa shape index (κ3) is 4.27. The fraction of sp³-hybridized carbons (Fsp3) is 0.818. The van der Waals surface area contributed by atoms with Crippen LogP contribution in [0.25, 0.3) is 0 Å². The highest BCUT2D eigenvalue weighted by molar-refractivity contribution is 6.74. The van der Waals surface area contributed by atoms with E-state index in [2.05, 4.69) is 45.7 Å². The van der Waals surface area contributed by atoms with E-state index in [0.29, 0.717) is 0 Å². The lowest BCUT2D eigenvalue weighted by molar-refractivity contribution is 0.251. The monoisotopic (exact) mass is 214 g/mol. The molecule has 0 bridgehead atoms. The zero-order valence-electron chi connectivity index (χ0n) is 10.1. The van der Waals surface area contributed by atoms with E-state index in [1.807, 2.05) is 6.92 Å². The molecule has 0 aromatic rings. The van der Waals surface area contributed by atoms with Gasteiger partial charge in [-0.2, -0.15) is 0 Å². The van der Waals surface area contributed by atoms with Crippen LogP contribution < -0.4 is 0 Å². The SMILES string of the molecule is C[C@H](C#CCO)O[Si](C)(C)C(C)(C)C. The number of rotatable bonds is 2. The molecule has 0 unspecified atom stereocenters. The summed E-state index contributed by atoms with van der Waals surface area (Å²) in [5, 5.41) is 8.77. The summed E-state index contributed by atoms with van der Waals surface area (Å²) in [7, 11) is -1.70. The van der Waals surface area contributed by atoms with Gasteiger partial charge < -0.3 is 9.53 Å². The quantitative estimate of drug-likeness (QED) is 0.565. The molecule has 0 aliphatic carbocycles. The molecule has 3 heteroatoms. The smallest absolute Gasteiger partial charge is 0.193 e. The lowest BCUT2D eigenvalue weighted by Gasteiger charge is -2.37. The zero-order valence-corrected chi connectivity index (χ0v) is 11.1. The van der Waals surface area contributed by atoms with Crippen molar-refractivity contribution in [1.29, 1.82) is 0 Å². The maximum absolute atomic E-state index is 8.56. The van der Waals surface area contributed by atoms with E-state index in [0.717, 1.165) is 0 Å². The molecule has 0 saturated heterocycles. The third-order valence-corrected chi connectivity index (χ3v) is 7.22. The molecule has 0 rings (SSSR count). The van der Waals surface area contributed by atoms with Gasteiger partial charge in [0.25, 0.3) is 0 Å². The molecule has 0 radical (unpaired) electrons. The molecule has 0 fully saturated rings. The highest BCUT2D eigenvalue weighted by atomic mass is 28.4. The average Bonchev–Trinajstić information content (AvgIpc) is 1.97. The molecule has 0 aliphatic rings. The largest absolute Gasteiger partial charge is 0.404 e. The Hall–Kier alpha value is -0.303. The highest BCUT2D eigenvalue weighted by Gasteiger charge is 2.38. The van der Waals surface area contributed by atoms with Gasteiger partial charge in [-0.15, -0.1) is 0 Å². The van der Waals surface area contributed by atoms with Crippen LogP contribution in [0.5, 0.6) is 0 Å². The normalized spacial score (nSPS) is 14.5. The summed E-state index contributed by atoms with van der Waals surface area (Å²) < 4.78 is 5.96. The van der Waals surface area contributed by atoms with Gasteiger partial charge in [-0.25, -0.2) is 0 Å². The predicted molar refractivity (Wildman–Crippen MR) is 62.6 cm³/mol. The van der Waals surface area contributed by atoms with Crippen molar-refractivity contribution in [3.63, 3.8) is 0 Å². The lowest BCUT2D eigenvalue weighted by Crippen LogP contribution is -2.43. The van der Waals surface area contributed by atoms with Gasteiger partial charge in [-0.3, -0.25) is 0 Å². The Morgan fingerprint density at radius 3 is 2.21 bits per heavy atom. The van der Waals surface area contributed by atoms with Crippen LogP contribution in [-0.2, 0) is 4.43 Å². The van der Waals surface area contributed by atoms with Crippen molar-refractivity contribution in [3.05, 3.63) is 0 Å². The van der Waals surface area contributed by atoms with Crippen LogP contribution in [0, 0.1) is 11.8 Å². The standard InChI is InChI=1S/C11H22O2Si/c1-10(8-7-9-12)13-14(5,6)11(2,3)4/h10,12H,9H2,1-6H3/t10-/m1/s1. The lowest BCUT2D eigenvalue weighted by atomic mass is 10.2.